The molecule has 0 fully saturated rings. The van der Waals surface area contributed by atoms with E-state index >= 15 is 0 Å². The summed E-state index contributed by atoms with van der Waals surface area (Å²) >= 11 is 3.40. The normalized spacial score (nSPS) is 13.4. The van der Waals surface area contributed by atoms with Gasteiger partial charge in [0.15, 0.2) is 11.5 Å². The molecule has 0 aromatic heterocycles. The van der Waals surface area contributed by atoms with Crippen molar-refractivity contribution in [3.63, 3.8) is 0 Å². The van der Waals surface area contributed by atoms with Crippen molar-refractivity contribution in [1.82, 2.24) is 0 Å². The average molecular weight is 266 g/mol. The molecule has 3 rings (SSSR count). The predicted molar refractivity (Wildman–Crippen MR) is 62.2 cm³/mol. The fraction of sp³-hybridized carbons (Fsp3) is 0.0909. The van der Waals surface area contributed by atoms with Gasteiger partial charge in [-0.05, 0) is 51.0 Å². The summed E-state index contributed by atoms with van der Waals surface area (Å²) in [5, 5.41) is 2.14. The van der Waals surface area contributed by atoms with Gasteiger partial charge in [0.1, 0.15) is 0 Å². The third-order valence-electron chi connectivity index (χ3n) is 2.45. The summed E-state index contributed by atoms with van der Waals surface area (Å²) in [6.07, 6.45) is 0. The molecule has 1 heterocycles. The molecule has 0 amide bonds. The smallest absolute Gasteiger partial charge is 0.231 e. The van der Waals surface area contributed by atoms with E-state index in [1.165, 1.54) is 0 Å². The molecule has 2 aromatic rings. The summed E-state index contributed by atoms with van der Waals surface area (Å²) in [4.78, 5) is 0. The molecule has 1 aliphatic rings. The van der Waals surface area contributed by atoms with Crippen molar-refractivity contribution in [3.05, 3.63) is 28.7 Å². The molecule has 1 aliphatic heterocycles. The summed E-state index contributed by atoms with van der Waals surface area (Å²) in [5.41, 5.74) is 6.54. The first-order valence-electron chi connectivity index (χ1n) is 4.52. The van der Waals surface area contributed by atoms with E-state index in [-0.39, 0.29) is 0 Å². The van der Waals surface area contributed by atoms with Gasteiger partial charge in [-0.2, -0.15) is 0 Å². The highest BCUT2D eigenvalue weighted by Gasteiger charge is 2.14. The van der Waals surface area contributed by atoms with E-state index < -0.39 is 0 Å². The Bertz CT molecular complexity index is 505. The lowest BCUT2D eigenvalue weighted by molar-refractivity contribution is 0.174. The van der Waals surface area contributed by atoms with Crippen molar-refractivity contribution in [2.24, 2.45) is 0 Å². The van der Waals surface area contributed by atoms with Crippen LogP contribution >= 0.6 is 15.9 Å². The minimum absolute atomic E-state index is 0.294. The number of nitrogens with two attached hydrogens (primary N) is 1. The van der Waals surface area contributed by atoms with Gasteiger partial charge in [-0.3, -0.25) is 0 Å². The summed E-state index contributed by atoms with van der Waals surface area (Å²) in [6, 6.07) is 7.80. The second-order valence-corrected chi connectivity index (χ2v) is 4.28. The van der Waals surface area contributed by atoms with Crippen LogP contribution in [0.25, 0.3) is 10.8 Å². The van der Waals surface area contributed by atoms with Crippen molar-refractivity contribution in [3.8, 4) is 11.5 Å². The van der Waals surface area contributed by atoms with Gasteiger partial charge in [0.25, 0.3) is 0 Å². The van der Waals surface area contributed by atoms with Crippen molar-refractivity contribution < 1.29 is 9.47 Å². The van der Waals surface area contributed by atoms with E-state index in [9.17, 15) is 0 Å². The number of hydrogen-bond donors (Lipinski definition) is 1. The van der Waals surface area contributed by atoms with Gasteiger partial charge in [-0.25, -0.2) is 0 Å². The van der Waals surface area contributed by atoms with Crippen LogP contribution < -0.4 is 15.2 Å². The van der Waals surface area contributed by atoms with Gasteiger partial charge in [0.2, 0.25) is 6.79 Å². The van der Waals surface area contributed by atoms with E-state index in [1.807, 2.05) is 24.3 Å². The van der Waals surface area contributed by atoms with Gasteiger partial charge < -0.3 is 15.2 Å². The minimum atomic E-state index is 0.294. The van der Waals surface area contributed by atoms with Gasteiger partial charge in [-0.15, -0.1) is 0 Å². The highest BCUT2D eigenvalue weighted by molar-refractivity contribution is 9.10. The van der Waals surface area contributed by atoms with E-state index in [0.29, 0.717) is 6.79 Å². The molecule has 0 bridgehead atoms. The fourth-order valence-corrected chi connectivity index (χ4v) is 2.04. The van der Waals surface area contributed by atoms with E-state index in [2.05, 4.69) is 15.9 Å². The number of hydrogen-bond acceptors (Lipinski definition) is 3. The first-order valence-corrected chi connectivity index (χ1v) is 5.32. The van der Waals surface area contributed by atoms with Gasteiger partial charge in [0, 0.05) is 10.2 Å². The second kappa shape index (κ2) is 3.03. The molecule has 0 aliphatic carbocycles. The molecule has 0 saturated heterocycles. The molecule has 15 heavy (non-hydrogen) atoms. The number of benzene rings is 2. The SMILES string of the molecule is Nc1cc2cc3c(cc2cc1Br)OCO3. The van der Waals surface area contributed by atoms with Gasteiger partial charge >= 0.3 is 0 Å². The standard InChI is InChI=1S/C11H8BrNO2/c12-8-1-6-3-10-11(15-5-14-10)4-7(6)2-9(8)13/h1-4H,5,13H2. The summed E-state index contributed by atoms with van der Waals surface area (Å²) < 4.78 is 11.5. The number of fused-ring (bicyclic) bond motifs is 2. The maximum atomic E-state index is 5.81. The van der Waals surface area contributed by atoms with Crippen LogP contribution in [0, 0.1) is 0 Å². The molecule has 0 spiro atoms. The fourth-order valence-electron chi connectivity index (χ4n) is 1.68. The zero-order valence-corrected chi connectivity index (χ0v) is 9.37. The predicted octanol–water partition coefficient (Wildman–Crippen LogP) is 2.91. The first-order chi connectivity index (χ1) is 7.24. The third kappa shape index (κ3) is 1.33. The highest BCUT2D eigenvalue weighted by atomic mass is 79.9. The zero-order chi connectivity index (χ0) is 10.4. The summed E-state index contributed by atoms with van der Waals surface area (Å²) in [5.74, 6) is 1.57. The average Bonchev–Trinajstić information content (AvgIpc) is 2.63. The van der Waals surface area contributed by atoms with Crippen LogP contribution in [0.2, 0.25) is 0 Å². The first kappa shape index (κ1) is 8.85. The molecular formula is C11H8BrNO2. The molecule has 3 nitrogen and oxygen atoms in total. The van der Waals surface area contributed by atoms with Crippen LogP contribution in [-0.2, 0) is 0 Å². The number of anilines is 1. The Morgan fingerprint density at radius 3 is 2.27 bits per heavy atom. The third-order valence-corrected chi connectivity index (χ3v) is 3.13. The topological polar surface area (TPSA) is 44.5 Å². The Morgan fingerprint density at radius 1 is 1.00 bits per heavy atom. The monoisotopic (exact) mass is 265 g/mol. The molecule has 0 radical (unpaired) electrons. The summed E-state index contributed by atoms with van der Waals surface area (Å²) in [6.45, 7) is 0.294. The Kier molecular flexibility index (Phi) is 1.79. The van der Waals surface area contributed by atoms with Crippen molar-refractivity contribution in [2.45, 2.75) is 0 Å². The van der Waals surface area contributed by atoms with Crippen LogP contribution in [0.3, 0.4) is 0 Å². The molecule has 76 valence electrons. The van der Waals surface area contributed by atoms with Crippen molar-refractivity contribution in [2.75, 3.05) is 12.5 Å². The lowest BCUT2D eigenvalue weighted by atomic mass is 10.1. The highest BCUT2D eigenvalue weighted by Crippen LogP contribution is 2.38. The van der Waals surface area contributed by atoms with Crippen molar-refractivity contribution in [1.29, 1.82) is 0 Å². The lowest BCUT2D eigenvalue weighted by Crippen LogP contribution is -1.92. The Balaban J connectivity index is 2.34. The molecular weight excluding hydrogens is 258 g/mol. The Hall–Kier alpha value is -1.42. The lowest BCUT2D eigenvalue weighted by Gasteiger charge is -2.04. The molecule has 0 atom stereocenters. The second-order valence-electron chi connectivity index (χ2n) is 3.43. The largest absolute Gasteiger partial charge is 0.454 e. The molecule has 2 N–H and O–H groups in total. The minimum Gasteiger partial charge on any atom is -0.454 e. The quantitative estimate of drug-likeness (QED) is 0.745. The van der Waals surface area contributed by atoms with Crippen LogP contribution in [0.1, 0.15) is 0 Å². The van der Waals surface area contributed by atoms with Crippen LogP contribution in [0.5, 0.6) is 11.5 Å². The van der Waals surface area contributed by atoms with E-state index in [0.717, 1.165) is 32.4 Å². The van der Waals surface area contributed by atoms with Crippen LogP contribution in [-0.4, -0.2) is 6.79 Å². The van der Waals surface area contributed by atoms with Gasteiger partial charge in [0.05, 0.1) is 0 Å². The van der Waals surface area contributed by atoms with Crippen LogP contribution in [0.4, 0.5) is 5.69 Å². The van der Waals surface area contributed by atoms with Crippen LogP contribution in [0.15, 0.2) is 28.7 Å². The number of nitrogen functional groups attached to an aromatic ring is 1. The van der Waals surface area contributed by atoms with Gasteiger partial charge in [-0.1, -0.05) is 0 Å². The van der Waals surface area contributed by atoms with Crippen molar-refractivity contribution >= 4 is 32.4 Å². The molecule has 0 saturated carbocycles. The van der Waals surface area contributed by atoms with E-state index in [1.54, 1.807) is 0 Å². The molecule has 4 heteroatoms. The number of ether oxygens (including phenoxy) is 2. The zero-order valence-electron chi connectivity index (χ0n) is 7.79. The maximum absolute atomic E-state index is 5.81. The molecule has 2 aromatic carbocycles. The van der Waals surface area contributed by atoms with E-state index in [4.69, 9.17) is 15.2 Å². The molecule has 0 unspecified atom stereocenters. The Morgan fingerprint density at radius 2 is 1.60 bits per heavy atom. The number of rotatable bonds is 0. The Labute approximate surface area is 94.9 Å². The maximum Gasteiger partial charge on any atom is 0.231 e. The number of halogens is 1. The summed E-state index contributed by atoms with van der Waals surface area (Å²) in [7, 11) is 0.